The summed E-state index contributed by atoms with van der Waals surface area (Å²) in [4.78, 5) is 9.17. The minimum absolute atomic E-state index is 0. The highest BCUT2D eigenvalue weighted by Crippen LogP contribution is 1.59. The first-order chi connectivity index (χ1) is 3.91. The molecule has 0 spiro atoms. The zero-order valence-electron chi connectivity index (χ0n) is 5.31. The molecule has 0 aliphatic rings. The van der Waals surface area contributed by atoms with Gasteiger partial charge in [-0.15, -0.1) is 0 Å². The van der Waals surface area contributed by atoms with Crippen LogP contribution in [-0.2, 0) is 15.2 Å². The van der Waals surface area contributed by atoms with Gasteiger partial charge in [-0.1, -0.05) is 6.92 Å². The van der Waals surface area contributed by atoms with Crippen molar-refractivity contribution in [1.29, 1.82) is 0 Å². The van der Waals surface area contributed by atoms with Crippen LogP contribution < -0.4 is 0 Å². The second kappa shape index (κ2) is 8.50. The van der Waals surface area contributed by atoms with Gasteiger partial charge in [0.15, 0.2) is 0 Å². The highest BCUT2D eigenvalue weighted by Gasteiger charge is 1.84. The van der Waals surface area contributed by atoms with Gasteiger partial charge in [-0.25, -0.2) is 0 Å². The predicted molar refractivity (Wildman–Crippen MR) is 34.1 cm³/mol. The lowest BCUT2D eigenvalue weighted by molar-refractivity contribution is -0.107. The molecule has 0 saturated carbocycles. The van der Waals surface area contributed by atoms with E-state index in [0.717, 1.165) is 6.29 Å². The van der Waals surface area contributed by atoms with Crippen LogP contribution in [-0.4, -0.2) is 29.3 Å². The fraction of sp³-hybridized carbons (Fsp3) is 0.667. The summed E-state index contributed by atoms with van der Waals surface area (Å²) in [6.07, 6.45) is 1.51. The van der Waals surface area contributed by atoms with Gasteiger partial charge in [-0.05, 0) is 0 Å². The minimum atomic E-state index is -4.67. The van der Waals surface area contributed by atoms with E-state index in [1.807, 2.05) is 6.92 Å². The van der Waals surface area contributed by atoms with E-state index in [1.165, 1.54) is 0 Å². The van der Waals surface area contributed by atoms with E-state index in [1.54, 1.807) is 0 Å². The van der Waals surface area contributed by atoms with Crippen LogP contribution in [0.2, 0.25) is 0 Å². The maximum atomic E-state index is 9.17. The number of rotatable bonds is 1. The molecule has 0 rings (SSSR count). The lowest BCUT2D eigenvalue weighted by Gasteiger charge is -1.68. The molecule has 6 nitrogen and oxygen atoms in total. The summed E-state index contributed by atoms with van der Waals surface area (Å²) in [5.74, 6) is 0. The van der Waals surface area contributed by atoms with E-state index in [2.05, 4.69) is 0 Å². The van der Waals surface area contributed by atoms with Gasteiger partial charge in [-0.3, -0.25) is 9.11 Å². The molecular weight excluding hydrogens is 164 g/mol. The third kappa shape index (κ3) is 1270. The van der Waals surface area contributed by atoms with Crippen molar-refractivity contribution in [2.24, 2.45) is 0 Å². The average molecular weight is 174 g/mol. The summed E-state index contributed by atoms with van der Waals surface area (Å²) < 4.78 is 31.6. The van der Waals surface area contributed by atoms with E-state index in [4.69, 9.17) is 17.5 Å². The fourth-order valence-corrected chi connectivity index (χ4v) is 0. The van der Waals surface area contributed by atoms with Crippen molar-refractivity contribution in [2.45, 2.75) is 13.3 Å². The number of carbonyl (C=O) groups excluding carboxylic acids is 1. The van der Waals surface area contributed by atoms with Crippen molar-refractivity contribution in [2.75, 3.05) is 0 Å². The smallest absolute Gasteiger partial charge is 0.394 e. The van der Waals surface area contributed by atoms with Crippen LogP contribution in [0.4, 0.5) is 0 Å². The average Bonchev–Trinajstić information content (AvgIpc) is 1.61. The Morgan fingerprint density at radius 2 is 1.50 bits per heavy atom. The van der Waals surface area contributed by atoms with Crippen LogP contribution in [0.15, 0.2) is 0 Å². The molecule has 0 amide bonds. The van der Waals surface area contributed by atoms with Crippen LogP contribution in [0.5, 0.6) is 0 Å². The van der Waals surface area contributed by atoms with Crippen molar-refractivity contribution >= 4 is 16.7 Å². The van der Waals surface area contributed by atoms with Crippen LogP contribution in [0.3, 0.4) is 0 Å². The molecular formula is C3H10O6S. The highest BCUT2D eigenvalue weighted by molar-refractivity contribution is 7.79. The van der Waals surface area contributed by atoms with Gasteiger partial charge in [0.25, 0.3) is 0 Å². The summed E-state index contributed by atoms with van der Waals surface area (Å²) in [5, 5.41) is 0. The molecule has 0 aliphatic carbocycles. The van der Waals surface area contributed by atoms with Crippen LogP contribution in [0.25, 0.3) is 0 Å². The Kier molecular flexibility index (Phi) is 13.8. The maximum Gasteiger partial charge on any atom is 0.394 e. The second-order valence-electron chi connectivity index (χ2n) is 1.02. The minimum Gasteiger partial charge on any atom is -0.412 e. The van der Waals surface area contributed by atoms with E-state index < -0.39 is 10.4 Å². The maximum absolute atomic E-state index is 9.17. The largest absolute Gasteiger partial charge is 0.412 e. The molecule has 10 heavy (non-hydrogen) atoms. The third-order valence-electron chi connectivity index (χ3n) is 0.167. The fourth-order valence-electron chi connectivity index (χ4n) is 0. The van der Waals surface area contributed by atoms with Gasteiger partial charge < -0.3 is 10.3 Å². The van der Waals surface area contributed by atoms with Crippen molar-refractivity contribution in [3.63, 3.8) is 0 Å². The molecule has 0 saturated heterocycles. The Morgan fingerprint density at radius 1 is 1.40 bits per heavy atom. The number of aldehydes is 1. The summed E-state index contributed by atoms with van der Waals surface area (Å²) >= 11 is 0. The third-order valence-corrected chi connectivity index (χ3v) is 0.167. The summed E-state index contributed by atoms with van der Waals surface area (Å²) in [6.45, 7) is 1.81. The zero-order valence-corrected chi connectivity index (χ0v) is 6.13. The van der Waals surface area contributed by atoms with E-state index >= 15 is 0 Å². The first-order valence-electron chi connectivity index (χ1n) is 2.05. The molecule has 0 heterocycles. The van der Waals surface area contributed by atoms with Crippen molar-refractivity contribution in [3.8, 4) is 0 Å². The Labute approximate surface area is 58.7 Å². The molecule has 0 radical (unpaired) electrons. The number of carbonyl (C=O) groups is 1. The SMILES string of the molecule is CCC=O.O.O=S(=O)(O)O. The van der Waals surface area contributed by atoms with Gasteiger partial charge in [0.2, 0.25) is 0 Å². The van der Waals surface area contributed by atoms with Gasteiger partial charge in [0, 0.05) is 6.42 Å². The van der Waals surface area contributed by atoms with Crippen LogP contribution in [0, 0.1) is 0 Å². The highest BCUT2D eigenvalue weighted by atomic mass is 32.3. The molecule has 0 aromatic rings. The lowest BCUT2D eigenvalue weighted by atomic mass is 10.6. The topological polar surface area (TPSA) is 123 Å². The van der Waals surface area contributed by atoms with Gasteiger partial charge in [-0.2, -0.15) is 8.42 Å². The Bertz CT molecular complexity index is 138. The second-order valence-corrected chi connectivity index (χ2v) is 1.92. The lowest BCUT2D eigenvalue weighted by Crippen LogP contribution is -1.89. The van der Waals surface area contributed by atoms with E-state index in [-0.39, 0.29) is 5.48 Å². The van der Waals surface area contributed by atoms with Crippen molar-refractivity contribution in [1.82, 2.24) is 0 Å². The monoisotopic (exact) mass is 174 g/mol. The van der Waals surface area contributed by atoms with E-state index in [9.17, 15) is 4.79 Å². The molecule has 0 fully saturated rings. The van der Waals surface area contributed by atoms with Crippen molar-refractivity contribution in [3.05, 3.63) is 0 Å². The van der Waals surface area contributed by atoms with E-state index in [0.29, 0.717) is 6.42 Å². The molecule has 0 bridgehead atoms. The van der Waals surface area contributed by atoms with Gasteiger partial charge in [0.05, 0.1) is 0 Å². The Morgan fingerprint density at radius 3 is 1.50 bits per heavy atom. The van der Waals surface area contributed by atoms with Gasteiger partial charge >= 0.3 is 10.4 Å². The predicted octanol–water partition coefficient (Wildman–Crippen LogP) is -0.882. The summed E-state index contributed by atoms with van der Waals surface area (Å²) in [7, 11) is -4.67. The normalized spacial score (nSPS) is 8.30. The molecule has 0 aromatic heterocycles. The molecule has 4 N–H and O–H groups in total. The molecule has 7 heteroatoms. The first-order valence-corrected chi connectivity index (χ1v) is 3.45. The number of hydrogen-bond acceptors (Lipinski definition) is 3. The first kappa shape index (κ1) is 16.2. The molecule has 0 aromatic carbocycles. The molecule has 64 valence electrons. The molecule has 0 atom stereocenters. The zero-order chi connectivity index (χ0) is 7.91. The molecule has 0 aliphatic heterocycles. The standard InChI is InChI=1S/C3H6O.H2O4S.H2O/c1-2-3-4;1-5(2,3)4;/h3H,2H2,1H3;(H2,1,2,3,4);1H2. The van der Waals surface area contributed by atoms with Gasteiger partial charge in [0.1, 0.15) is 6.29 Å². The Hall–Kier alpha value is -0.500. The number of hydrogen-bond donors (Lipinski definition) is 2. The summed E-state index contributed by atoms with van der Waals surface area (Å²) in [6, 6.07) is 0. The molecule has 0 unspecified atom stereocenters. The summed E-state index contributed by atoms with van der Waals surface area (Å²) in [5.41, 5.74) is 0. The Balaban J connectivity index is -0.0000000910. The van der Waals surface area contributed by atoms with Crippen LogP contribution in [0.1, 0.15) is 13.3 Å². The van der Waals surface area contributed by atoms with Crippen LogP contribution >= 0.6 is 0 Å². The quantitative estimate of drug-likeness (QED) is 0.394. The van der Waals surface area contributed by atoms with Crippen molar-refractivity contribution < 1.29 is 27.8 Å².